The van der Waals surface area contributed by atoms with Crippen molar-refractivity contribution in [3.05, 3.63) is 0 Å². The molecule has 0 amide bonds. The van der Waals surface area contributed by atoms with Gasteiger partial charge in [0.25, 0.3) is 0 Å². The second-order valence-corrected chi connectivity index (χ2v) is 4.31. The molecule has 0 aromatic rings. The minimum Gasteiger partial charge on any atom is -0.481 e. The maximum absolute atomic E-state index is 10.6. The van der Waals surface area contributed by atoms with Crippen molar-refractivity contribution in [2.75, 3.05) is 7.05 Å². The number of carboxylic acid groups (broad SMARTS) is 1. The second-order valence-electron chi connectivity index (χ2n) is 4.31. The van der Waals surface area contributed by atoms with Crippen LogP contribution in [0.5, 0.6) is 0 Å². The molecule has 0 rings (SSSR count). The fourth-order valence-electron chi connectivity index (χ4n) is 1.24. The van der Waals surface area contributed by atoms with E-state index in [2.05, 4.69) is 19.2 Å². The minimum absolute atomic E-state index is 0.191. The van der Waals surface area contributed by atoms with Crippen molar-refractivity contribution in [2.45, 2.75) is 45.6 Å². The molecule has 0 aliphatic rings. The van der Waals surface area contributed by atoms with Crippen LogP contribution in [0.15, 0.2) is 0 Å². The van der Waals surface area contributed by atoms with Crippen molar-refractivity contribution in [1.82, 2.24) is 5.32 Å². The summed E-state index contributed by atoms with van der Waals surface area (Å²) in [6.45, 7) is 6.26. The molecular formula is C10H21NO2. The Bertz CT molecular complexity index is 168. The highest BCUT2D eigenvalue weighted by Gasteiger charge is 2.25. The van der Waals surface area contributed by atoms with Gasteiger partial charge in [-0.05, 0) is 32.7 Å². The number of hydrogen-bond donors (Lipinski definition) is 2. The maximum Gasteiger partial charge on any atom is 0.305 e. The fraction of sp³-hybridized carbons (Fsp3) is 0.900. The average Bonchev–Trinajstić information content (AvgIpc) is 2.00. The summed E-state index contributed by atoms with van der Waals surface area (Å²) in [7, 11) is 1.82. The summed E-state index contributed by atoms with van der Waals surface area (Å²) in [6.07, 6.45) is 2.16. The summed E-state index contributed by atoms with van der Waals surface area (Å²) in [4.78, 5) is 10.6. The lowest BCUT2D eigenvalue weighted by Gasteiger charge is -2.28. The molecule has 0 saturated heterocycles. The number of aliphatic carboxylic acids is 1. The molecule has 0 saturated carbocycles. The molecule has 0 fully saturated rings. The van der Waals surface area contributed by atoms with E-state index in [1.165, 1.54) is 0 Å². The molecule has 0 aliphatic heterocycles. The van der Waals surface area contributed by atoms with E-state index in [0.29, 0.717) is 5.92 Å². The summed E-state index contributed by atoms with van der Waals surface area (Å²) < 4.78 is 0. The summed E-state index contributed by atoms with van der Waals surface area (Å²) in [6, 6.07) is 0. The van der Waals surface area contributed by atoms with E-state index in [-0.39, 0.29) is 12.0 Å². The van der Waals surface area contributed by atoms with Crippen LogP contribution in [0.25, 0.3) is 0 Å². The van der Waals surface area contributed by atoms with Crippen LogP contribution in [0.1, 0.15) is 40.0 Å². The monoisotopic (exact) mass is 187 g/mol. The molecule has 1 unspecified atom stereocenters. The first kappa shape index (κ1) is 12.4. The molecule has 0 heterocycles. The summed E-state index contributed by atoms with van der Waals surface area (Å²) in [5.74, 6) is -0.109. The molecular weight excluding hydrogens is 166 g/mol. The maximum atomic E-state index is 10.6. The molecule has 13 heavy (non-hydrogen) atoms. The smallest absolute Gasteiger partial charge is 0.305 e. The van der Waals surface area contributed by atoms with Gasteiger partial charge in [0, 0.05) is 5.54 Å². The first-order chi connectivity index (χ1) is 5.89. The van der Waals surface area contributed by atoms with Gasteiger partial charge in [0.2, 0.25) is 0 Å². The largest absolute Gasteiger partial charge is 0.481 e. The van der Waals surface area contributed by atoms with E-state index in [4.69, 9.17) is 5.11 Å². The zero-order valence-electron chi connectivity index (χ0n) is 9.05. The molecule has 3 nitrogen and oxygen atoms in total. The summed E-state index contributed by atoms with van der Waals surface area (Å²) in [5, 5.41) is 11.8. The topological polar surface area (TPSA) is 49.3 Å². The zero-order valence-corrected chi connectivity index (χ0v) is 9.05. The standard InChI is InChI=1S/C10H21NO2/c1-8(2)5-6-10(3,11-4)7-9(12)13/h8,11H,5-7H2,1-4H3,(H,12,13). The summed E-state index contributed by atoms with van der Waals surface area (Å²) >= 11 is 0. The van der Waals surface area contributed by atoms with Crippen LogP contribution in [0.2, 0.25) is 0 Å². The molecule has 3 heteroatoms. The summed E-state index contributed by atoms with van der Waals surface area (Å²) in [5.41, 5.74) is -0.254. The van der Waals surface area contributed by atoms with Crippen LogP contribution in [0.3, 0.4) is 0 Å². The van der Waals surface area contributed by atoms with E-state index in [9.17, 15) is 4.79 Å². The molecule has 78 valence electrons. The molecule has 0 radical (unpaired) electrons. The lowest BCUT2D eigenvalue weighted by atomic mass is 9.89. The van der Waals surface area contributed by atoms with Crippen LogP contribution in [-0.2, 0) is 4.79 Å². The number of hydrogen-bond acceptors (Lipinski definition) is 2. The molecule has 1 atom stereocenters. The fourth-order valence-corrected chi connectivity index (χ4v) is 1.24. The van der Waals surface area contributed by atoms with Crippen LogP contribution >= 0.6 is 0 Å². The van der Waals surface area contributed by atoms with Crippen molar-refractivity contribution in [3.63, 3.8) is 0 Å². The Morgan fingerprint density at radius 3 is 2.38 bits per heavy atom. The van der Waals surface area contributed by atoms with Crippen molar-refractivity contribution >= 4 is 5.97 Å². The minimum atomic E-state index is -0.736. The Kier molecular flexibility index (Phi) is 4.99. The van der Waals surface area contributed by atoms with Crippen LogP contribution in [-0.4, -0.2) is 23.7 Å². The van der Waals surface area contributed by atoms with Gasteiger partial charge in [-0.2, -0.15) is 0 Å². The third kappa shape index (κ3) is 5.64. The first-order valence-corrected chi connectivity index (χ1v) is 4.80. The van der Waals surface area contributed by atoms with Gasteiger partial charge >= 0.3 is 5.97 Å². The van der Waals surface area contributed by atoms with Crippen molar-refractivity contribution in [3.8, 4) is 0 Å². The van der Waals surface area contributed by atoms with Gasteiger partial charge in [-0.15, -0.1) is 0 Å². The normalized spacial score (nSPS) is 15.8. The van der Waals surface area contributed by atoms with E-state index in [1.807, 2.05) is 14.0 Å². The Labute approximate surface area is 80.5 Å². The van der Waals surface area contributed by atoms with Gasteiger partial charge in [0.05, 0.1) is 6.42 Å². The predicted molar refractivity (Wildman–Crippen MR) is 53.8 cm³/mol. The Morgan fingerprint density at radius 1 is 1.54 bits per heavy atom. The highest BCUT2D eigenvalue weighted by Crippen LogP contribution is 2.19. The Morgan fingerprint density at radius 2 is 2.08 bits per heavy atom. The number of carboxylic acids is 1. The van der Waals surface area contributed by atoms with Crippen LogP contribution < -0.4 is 5.32 Å². The van der Waals surface area contributed by atoms with Gasteiger partial charge in [-0.1, -0.05) is 13.8 Å². The molecule has 0 aliphatic carbocycles. The van der Waals surface area contributed by atoms with Crippen LogP contribution in [0.4, 0.5) is 0 Å². The van der Waals surface area contributed by atoms with Gasteiger partial charge < -0.3 is 10.4 Å². The van der Waals surface area contributed by atoms with Crippen LogP contribution in [0, 0.1) is 5.92 Å². The molecule has 0 aromatic heterocycles. The van der Waals surface area contributed by atoms with Gasteiger partial charge in [0.1, 0.15) is 0 Å². The Balaban J connectivity index is 4.03. The molecule has 0 bridgehead atoms. The SMILES string of the molecule is CNC(C)(CCC(C)C)CC(=O)O. The number of nitrogens with one attached hydrogen (secondary N) is 1. The van der Waals surface area contributed by atoms with E-state index in [0.717, 1.165) is 12.8 Å². The van der Waals surface area contributed by atoms with E-state index in [1.54, 1.807) is 0 Å². The third-order valence-corrected chi connectivity index (χ3v) is 2.42. The zero-order chi connectivity index (χ0) is 10.5. The van der Waals surface area contributed by atoms with Crippen molar-refractivity contribution in [2.24, 2.45) is 5.92 Å². The van der Waals surface area contributed by atoms with E-state index < -0.39 is 5.97 Å². The third-order valence-electron chi connectivity index (χ3n) is 2.42. The quantitative estimate of drug-likeness (QED) is 0.667. The van der Waals surface area contributed by atoms with Gasteiger partial charge in [0.15, 0.2) is 0 Å². The number of carbonyl (C=O) groups is 1. The second kappa shape index (κ2) is 5.22. The lowest BCUT2D eigenvalue weighted by Crippen LogP contribution is -2.41. The molecule has 0 spiro atoms. The molecule has 0 aromatic carbocycles. The van der Waals surface area contributed by atoms with Crippen molar-refractivity contribution in [1.29, 1.82) is 0 Å². The molecule has 2 N–H and O–H groups in total. The predicted octanol–water partition coefficient (Wildman–Crippen LogP) is 1.88. The lowest BCUT2D eigenvalue weighted by molar-refractivity contribution is -0.138. The Hall–Kier alpha value is -0.570. The van der Waals surface area contributed by atoms with Crippen molar-refractivity contribution < 1.29 is 9.90 Å². The van der Waals surface area contributed by atoms with Gasteiger partial charge in [-0.3, -0.25) is 4.79 Å². The van der Waals surface area contributed by atoms with E-state index >= 15 is 0 Å². The highest BCUT2D eigenvalue weighted by molar-refractivity contribution is 5.68. The highest BCUT2D eigenvalue weighted by atomic mass is 16.4. The number of rotatable bonds is 6. The first-order valence-electron chi connectivity index (χ1n) is 4.80. The average molecular weight is 187 g/mol. The van der Waals surface area contributed by atoms with Gasteiger partial charge in [-0.25, -0.2) is 0 Å².